The second kappa shape index (κ2) is 4.94. The van der Waals surface area contributed by atoms with Crippen LogP contribution in [0.25, 0.3) is 10.9 Å². The van der Waals surface area contributed by atoms with Gasteiger partial charge in [0.25, 0.3) is 0 Å². The van der Waals surface area contributed by atoms with Gasteiger partial charge in [-0.1, -0.05) is 50.1 Å². The van der Waals surface area contributed by atoms with E-state index in [-0.39, 0.29) is 5.78 Å². The van der Waals surface area contributed by atoms with Gasteiger partial charge in [0.2, 0.25) is 0 Å². The van der Waals surface area contributed by atoms with Gasteiger partial charge in [-0.25, -0.2) is 0 Å². The fourth-order valence-electron chi connectivity index (χ4n) is 2.08. The van der Waals surface area contributed by atoms with E-state index in [1.165, 1.54) is 0 Å². The minimum absolute atomic E-state index is 0.0149. The molecule has 1 N–H and O–H groups in total. The zero-order chi connectivity index (χ0) is 13.4. The van der Waals surface area contributed by atoms with E-state index in [1.807, 2.05) is 42.5 Å². The van der Waals surface area contributed by atoms with Crippen molar-refractivity contribution in [2.75, 3.05) is 0 Å². The first-order valence-electron chi connectivity index (χ1n) is 5.72. The molecule has 0 fully saturated rings. The highest BCUT2D eigenvalue weighted by Crippen LogP contribution is 2.26. The van der Waals surface area contributed by atoms with Crippen LogP contribution in [0.3, 0.4) is 0 Å². The van der Waals surface area contributed by atoms with Gasteiger partial charge in [0, 0.05) is 37.2 Å². The Morgan fingerprint density at radius 1 is 1.00 bits per heavy atom. The van der Waals surface area contributed by atoms with Crippen molar-refractivity contribution >= 4 is 48.5 Å². The van der Waals surface area contributed by atoms with Crippen LogP contribution in [0, 0.1) is 0 Å². The number of fused-ring (bicyclic) bond motifs is 1. The van der Waals surface area contributed by atoms with Crippen LogP contribution in [0.4, 0.5) is 0 Å². The molecule has 1 aromatic heterocycles. The molecule has 3 aromatic rings. The first-order valence-corrected chi connectivity index (χ1v) is 7.31. The van der Waals surface area contributed by atoms with E-state index in [2.05, 4.69) is 36.8 Å². The van der Waals surface area contributed by atoms with Gasteiger partial charge in [-0.05, 0) is 24.3 Å². The number of rotatable bonds is 2. The topological polar surface area (TPSA) is 32.9 Å². The molecule has 0 unspecified atom stereocenters. The average Bonchev–Trinajstić information content (AvgIpc) is 2.81. The van der Waals surface area contributed by atoms with E-state index in [1.54, 1.807) is 6.20 Å². The molecule has 2 nitrogen and oxygen atoms in total. The van der Waals surface area contributed by atoms with Crippen molar-refractivity contribution < 1.29 is 4.79 Å². The van der Waals surface area contributed by atoms with Crippen LogP contribution >= 0.6 is 31.9 Å². The van der Waals surface area contributed by atoms with Crippen LogP contribution in [0.2, 0.25) is 0 Å². The smallest absolute Gasteiger partial charge is 0.196 e. The van der Waals surface area contributed by atoms with Crippen LogP contribution in [-0.2, 0) is 0 Å². The molecule has 1 heterocycles. The van der Waals surface area contributed by atoms with E-state index < -0.39 is 0 Å². The Kier molecular flexibility index (Phi) is 3.29. The van der Waals surface area contributed by atoms with Crippen LogP contribution in [0.1, 0.15) is 15.9 Å². The fraction of sp³-hybridized carbons (Fsp3) is 0. The molecule has 3 rings (SSSR count). The summed E-state index contributed by atoms with van der Waals surface area (Å²) < 4.78 is 1.80. The van der Waals surface area contributed by atoms with Gasteiger partial charge in [-0.15, -0.1) is 0 Å². The maximum absolute atomic E-state index is 12.6. The molecule has 19 heavy (non-hydrogen) atoms. The number of H-pyrrole nitrogens is 1. The Morgan fingerprint density at radius 3 is 2.58 bits per heavy atom. The number of aromatic nitrogens is 1. The molecule has 2 aromatic carbocycles. The van der Waals surface area contributed by atoms with Crippen molar-refractivity contribution in [2.45, 2.75) is 0 Å². The number of benzene rings is 2. The predicted octanol–water partition coefficient (Wildman–Crippen LogP) is 4.92. The molecule has 0 atom stereocenters. The molecule has 4 heteroatoms. The Labute approximate surface area is 127 Å². The number of halogens is 2. The molecule has 94 valence electrons. The lowest BCUT2D eigenvalue weighted by Crippen LogP contribution is -2.01. The molecule has 0 spiro atoms. The molecule has 0 aliphatic rings. The van der Waals surface area contributed by atoms with Gasteiger partial charge in [0.1, 0.15) is 0 Å². The summed E-state index contributed by atoms with van der Waals surface area (Å²) in [6, 6.07) is 13.3. The lowest BCUT2D eigenvalue weighted by molar-refractivity contribution is 0.103. The average molecular weight is 379 g/mol. The summed E-state index contributed by atoms with van der Waals surface area (Å²) in [6.45, 7) is 0. The third-order valence-corrected chi connectivity index (χ3v) is 4.19. The van der Waals surface area contributed by atoms with E-state index >= 15 is 0 Å². The maximum Gasteiger partial charge on any atom is 0.196 e. The molecular weight excluding hydrogens is 370 g/mol. The first kappa shape index (κ1) is 12.6. The second-order valence-electron chi connectivity index (χ2n) is 4.20. The molecule has 0 aliphatic heterocycles. The number of hydrogen-bond donors (Lipinski definition) is 1. The number of carbonyl (C=O) groups is 1. The van der Waals surface area contributed by atoms with E-state index in [0.29, 0.717) is 11.1 Å². The van der Waals surface area contributed by atoms with Crippen LogP contribution in [0.5, 0.6) is 0 Å². The zero-order valence-electron chi connectivity index (χ0n) is 9.78. The minimum atomic E-state index is 0.0149. The summed E-state index contributed by atoms with van der Waals surface area (Å²) in [7, 11) is 0. The monoisotopic (exact) mass is 377 g/mol. The molecular formula is C15H9Br2NO. The third kappa shape index (κ3) is 2.26. The fourth-order valence-corrected chi connectivity index (χ4v) is 2.90. The van der Waals surface area contributed by atoms with Gasteiger partial charge in [-0.3, -0.25) is 4.79 Å². The van der Waals surface area contributed by atoms with Crippen LogP contribution in [0.15, 0.2) is 57.6 Å². The number of aromatic amines is 1. The number of nitrogens with one attached hydrogen (secondary N) is 1. The normalized spacial score (nSPS) is 10.8. The lowest BCUT2D eigenvalue weighted by atomic mass is 10.0. The summed E-state index contributed by atoms with van der Waals surface area (Å²) in [5.74, 6) is 0.0149. The third-order valence-electron chi connectivity index (χ3n) is 3.01. The second-order valence-corrected chi connectivity index (χ2v) is 5.97. The number of ketones is 1. The SMILES string of the molecule is O=C(c1ccccc1Br)c1c[nH]c2cc(Br)ccc12. The highest BCUT2D eigenvalue weighted by molar-refractivity contribution is 9.10. The Bertz CT molecular complexity index is 777. The van der Waals surface area contributed by atoms with E-state index in [4.69, 9.17) is 0 Å². The summed E-state index contributed by atoms with van der Waals surface area (Å²) in [5.41, 5.74) is 2.31. The largest absolute Gasteiger partial charge is 0.360 e. The van der Waals surface area contributed by atoms with Crippen molar-refractivity contribution in [3.63, 3.8) is 0 Å². The number of carbonyl (C=O) groups excluding carboxylic acids is 1. The molecule has 0 radical (unpaired) electrons. The van der Waals surface area contributed by atoms with E-state index in [0.717, 1.165) is 19.8 Å². The molecule has 0 aliphatic carbocycles. The molecule has 0 saturated carbocycles. The Morgan fingerprint density at radius 2 is 1.79 bits per heavy atom. The highest BCUT2D eigenvalue weighted by Gasteiger charge is 2.16. The van der Waals surface area contributed by atoms with Gasteiger partial charge in [0.05, 0.1) is 0 Å². The van der Waals surface area contributed by atoms with Gasteiger partial charge >= 0.3 is 0 Å². The van der Waals surface area contributed by atoms with Crippen molar-refractivity contribution in [3.8, 4) is 0 Å². The van der Waals surface area contributed by atoms with Crippen molar-refractivity contribution in [1.82, 2.24) is 4.98 Å². The minimum Gasteiger partial charge on any atom is -0.360 e. The quantitative estimate of drug-likeness (QED) is 0.630. The van der Waals surface area contributed by atoms with Gasteiger partial charge in [0.15, 0.2) is 5.78 Å². The summed E-state index contributed by atoms with van der Waals surface area (Å²) in [4.78, 5) is 15.7. The predicted molar refractivity (Wildman–Crippen MR) is 83.6 cm³/mol. The Hall–Kier alpha value is -1.39. The zero-order valence-corrected chi connectivity index (χ0v) is 13.0. The summed E-state index contributed by atoms with van der Waals surface area (Å²) >= 11 is 6.84. The van der Waals surface area contributed by atoms with Crippen molar-refractivity contribution in [3.05, 3.63) is 68.7 Å². The maximum atomic E-state index is 12.6. The molecule has 0 bridgehead atoms. The first-order chi connectivity index (χ1) is 9.16. The van der Waals surface area contributed by atoms with Crippen molar-refractivity contribution in [1.29, 1.82) is 0 Å². The molecule has 0 saturated heterocycles. The highest BCUT2D eigenvalue weighted by atomic mass is 79.9. The summed E-state index contributed by atoms with van der Waals surface area (Å²) in [5, 5.41) is 0.934. The molecule has 0 amide bonds. The van der Waals surface area contributed by atoms with Crippen LogP contribution in [-0.4, -0.2) is 10.8 Å². The van der Waals surface area contributed by atoms with E-state index in [9.17, 15) is 4.79 Å². The van der Waals surface area contributed by atoms with Crippen molar-refractivity contribution in [2.24, 2.45) is 0 Å². The Balaban J connectivity index is 2.15. The standard InChI is InChI=1S/C15H9Br2NO/c16-9-5-6-10-12(8-18-14(10)7-9)15(19)11-3-1-2-4-13(11)17/h1-8,18H. The lowest BCUT2D eigenvalue weighted by Gasteiger charge is -2.02. The summed E-state index contributed by atoms with van der Waals surface area (Å²) in [6.07, 6.45) is 1.76. The van der Waals surface area contributed by atoms with Gasteiger partial charge in [-0.2, -0.15) is 0 Å². The van der Waals surface area contributed by atoms with Crippen LogP contribution < -0.4 is 0 Å². The van der Waals surface area contributed by atoms with Gasteiger partial charge < -0.3 is 4.98 Å². The number of hydrogen-bond acceptors (Lipinski definition) is 1.